The van der Waals surface area contributed by atoms with Crippen LogP contribution in [0.1, 0.15) is 48.5 Å². The van der Waals surface area contributed by atoms with E-state index in [9.17, 15) is 4.79 Å². The van der Waals surface area contributed by atoms with Gasteiger partial charge in [0.05, 0.1) is 6.61 Å². The van der Waals surface area contributed by atoms with Gasteiger partial charge in [0.2, 0.25) is 0 Å². The second kappa shape index (κ2) is 19.9. The molecule has 0 bridgehead atoms. The molecule has 199 valence electrons. The number of esters is 1. The van der Waals surface area contributed by atoms with Gasteiger partial charge in [-0.25, -0.2) is 0 Å². The van der Waals surface area contributed by atoms with Crippen molar-refractivity contribution in [3.05, 3.63) is 131 Å². The second-order valence-corrected chi connectivity index (χ2v) is 10.6. The normalized spacial score (nSPS) is 14.1. The third kappa shape index (κ3) is 11.3. The van der Waals surface area contributed by atoms with E-state index in [1.54, 1.807) is 6.92 Å². The minimum atomic E-state index is -0.446. The Kier molecular flexibility index (Phi) is 18.7. The zero-order valence-electron chi connectivity index (χ0n) is 23.4. The van der Waals surface area contributed by atoms with Crippen LogP contribution in [0, 0.1) is 34.5 Å². The summed E-state index contributed by atoms with van der Waals surface area (Å²) in [4.78, 5) is 17.1. The number of hydrogen-bond acceptors (Lipinski definition) is 3. The Balaban J connectivity index is 0.000000609. The SMILES string of the molecule is CCOC(C)=O.C[C]1[C](C)[C](C)[C](C)[C]1C.[N-]=O.[W+2].c1ccc(P(c2ccccc2)c2ccccc2)cc1. The molecule has 4 nitrogen and oxygen atoms in total. The maximum Gasteiger partial charge on any atom is 2.00 e. The molecule has 1 aliphatic rings. The van der Waals surface area contributed by atoms with E-state index < -0.39 is 7.92 Å². The number of rotatable bonds is 4. The molecule has 0 saturated heterocycles. The van der Waals surface area contributed by atoms with Gasteiger partial charge in [0, 0.05) is 6.92 Å². The number of nitroso groups, excluding NO2 is 1. The third-order valence-electron chi connectivity index (χ3n) is 6.20. The molecule has 1 saturated carbocycles. The van der Waals surface area contributed by atoms with Crippen LogP contribution in [-0.2, 0) is 30.6 Å². The van der Waals surface area contributed by atoms with Crippen LogP contribution in [0.15, 0.2) is 91.0 Å². The second-order valence-electron chi connectivity index (χ2n) is 8.39. The quantitative estimate of drug-likeness (QED) is 0.212. The van der Waals surface area contributed by atoms with E-state index in [0.717, 1.165) is 0 Å². The summed E-state index contributed by atoms with van der Waals surface area (Å²) in [6.45, 7) is 14.6. The maximum atomic E-state index is 9.82. The van der Waals surface area contributed by atoms with Crippen molar-refractivity contribution in [3.63, 3.8) is 0 Å². The van der Waals surface area contributed by atoms with Gasteiger partial charge in [-0.2, -0.15) is 0 Å². The Hall–Kier alpha value is -2.15. The molecule has 0 amide bonds. The van der Waals surface area contributed by atoms with Crippen molar-refractivity contribution in [2.45, 2.75) is 48.5 Å². The Bertz CT molecular complexity index is 868. The smallest absolute Gasteiger partial charge is 0.577 e. The molecule has 6 heteroatoms. The molecule has 1 aliphatic carbocycles. The fourth-order valence-electron chi connectivity index (χ4n) is 3.79. The van der Waals surface area contributed by atoms with Gasteiger partial charge >= 0.3 is 27.0 Å². The molecular weight excluding hydrogens is 661 g/mol. The van der Waals surface area contributed by atoms with Gasteiger partial charge in [-0.3, -0.25) is 4.79 Å². The number of ether oxygens (including phenoxy) is 1. The minimum Gasteiger partial charge on any atom is -0.577 e. The predicted molar refractivity (Wildman–Crippen MR) is 159 cm³/mol. The molecule has 0 atom stereocenters. The van der Waals surface area contributed by atoms with Crippen molar-refractivity contribution in [2.75, 3.05) is 6.61 Å². The standard InChI is InChI=1S/C18H15P.C10H15.C4H8O2.NO.W/c1-4-10-16(11-5-1)19(17-12-6-2-7-13-17)18-14-8-3-9-15-18;1-6-7(2)9(4)10(5)8(6)3;1-3-6-4(2)5;1-2;/h1-15H;1-5H3;3H2,1-2H3;;/q;;;-1;+2. The summed E-state index contributed by atoms with van der Waals surface area (Å²) < 4.78 is 4.40. The van der Waals surface area contributed by atoms with Crippen LogP contribution < -0.4 is 15.9 Å². The fraction of sp³-hybridized carbons (Fsp3) is 0.250. The summed E-state index contributed by atoms with van der Waals surface area (Å²) in [7, 11) is -0.446. The first-order valence-corrected chi connectivity index (χ1v) is 13.6. The Morgan fingerprint density at radius 3 is 1.00 bits per heavy atom. The van der Waals surface area contributed by atoms with Crippen LogP contribution in [0.4, 0.5) is 0 Å². The molecule has 4 rings (SSSR count). The molecule has 3 aromatic rings. The van der Waals surface area contributed by atoms with Crippen LogP contribution in [0.25, 0.3) is 5.59 Å². The largest absolute Gasteiger partial charge is 2.00 e. The van der Waals surface area contributed by atoms with E-state index >= 15 is 0 Å². The maximum absolute atomic E-state index is 9.82. The van der Waals surface area contributed by atoms with Gasteiger partial charge in [0.15, 0.2) is 0 Å². The first-order valence-electron chi connectivity index (χ1n) is 12.2. The van der Waals surface area contributed by atoms with Gasteiger partial charge < -0.3 is 15.2 Å². The van der Waals surface area contributed by atoms with Crippen LogP contribution in [0.5, 0.6) is 0 Å². The molecule has 0 heterocycles. The molecule has 0 spiro atoms. The van der Waals surface area contributed by atoms with E-state index in [2.05, 4.69) is 130 Å². The van der Waals surface area contributed by atoms with E-state index in [1.807, 2.05) is 0 Å². The minimum absolute atomic E-state index is 0. The van der Waals surface area contributed by atoms with Crippen molar-refractivity contribution in [1.29, 1.82) is 0 Å². The summed E-state index contributed by atoms with van der Waals surface area (Å²) >= 11 is 0. The zero-order valence-corrected chi connectivity index (χ0v) is 27.2. The predicted octanol–water partition coefficient (Wildman–Crippen LogP) is 7.31. The van der Waals surface area contributed by atoms with Crippen LogP contribution in [-0.4, -0.2) is 12.6 Å². The van der Waals surface area contributed by atoms with Gasteiger partial charge in [-0.15, -0.1) is 0 Å². The van der Waals surface area contributed by atoms with Crippen LogP contribution in [0.3, 0.4) is 0 Å². The number of benzene rings is 3. The molecule has 0 aliphatic heterocycles. The molecule has 3 aromatic carbocycles. The van der Waals surface area contributed by atoms with E-state index in [4.69, 9.17) is 10.5 Å². The van der Waals surface area contributed by atoms with Gasteiger partial charge in [-0.1, -0.05) is 126 Å². The van der Waals surface area contributed by atoms with Gasteiger partial charge in [0.1, 0.15) is 0 Å². The molecule has 0 N–H and O–H groups in total. The topological polar surface area (TPSA) is 65.7 Å². The van der Waals surface area contributed by atoms with Crippen molar-refractivity contribution in [2.24, 2.45) is 0 Å². The average molecular weight is 699 g/mol. The van der Waals surface area contributed by atoms with Crippen LogP contribution in [0.2, 0.25) is 0 Å². The first kappa shape index (κ1) is 35.8. The molecule has 0 aromatic heterocycles. The number of carbonyl (C=O) groups excluding carboxylic acids is 1. The molecule has 5 radical (unpaired) electrons. The van der Waals surface area contributed by atoms with Crippen molar-refractivity contribution >= 4 is 29.8 Å². The van der Waals surface area contributed by atoms with Crippen LogP contribution >= 0.6 is 7.92 Å². The number of nitrogens with zero attached hydrogens (tertiary/aromatic N) is 1. The number of hydrogen-bond donors (Lipinski definition) is 0. The first-order chi connectivity index (χ1) is 17.8. The molecule has 0 unspecified atom stereocenters. The monoisotopic (exact) mass is 699 g/mol. The summed E-state index contributed by atoms with van der Waals surface area (Å²) in [5.74, 6) is 7.13. The van der Waals surface area contributed by atoms with E-state index in [0.29, 0.717) is 6.61 Å². The summed E-state index contributed by atoms with van der Waals surface area (Å²) in [5.41, 5.74) is 5.75. The summed E-state index contributed by atoms with van der Waals surface area (Å²) in [6.07, 6.45) is 0. The molecule has 38 heavy (non-hydrogen) atoms. The Morgan fingerprint density at radius 2 is 0.842 bits per heavy atom. The third-order valence-corrected chi connectivity index (χ3v) is 8.65. The molecular formula is C32H38NO3PW+. The summed E-state index contributed by atoms with van der Waals surface area (Å²) in [5, 5.41) is 4.19. The zero-order chi connectivity index (χ0) is 27.8. The van der Waals surface area contributed by atoms with Gasteiger partial charge in [0.25, 0.3) is 0 Å². The fourth-order valence-corrected chi connectivity index (χ4v) is 6.09. The van der Waals surface area contributed by atoms with E-state index in [-0.39, 0.29) is 27.0 Å². The van der Waals surface area contributed by atoms with Crippen molar-refractivity contribution < 1.29 is 30.6 Å². The van der Waals surface area contributed by atoms with E-state index in [1.165, 1.54) is 52.4 Å². The average Bonchev–Trinajstić information content (AvgIpc) is 3.10. The van der Waals surface area contributed by atoms with Gasteiger partial charge in [-0.05, 0) is 60.3 Å². The van der Waals surface area contributed by atoms with Crippen molar-refractivity contribution in [3.8, 4) is 0 Å². The Morgan fingerprint density at radius 1 is 0.605 bits per heavy atom. The Labute approximate surface area is 245 Å². The summed E-state index contributed by atoms with van der Waals surface area (Å²) in [6, 6.07) is 32.3. The van der Waals surface area contributed by atoms with Crippen molar-refractivity contribution in [1.82, 2.24) is 0 Å². The molecule has 1 fully saturated rings. The number of carbonyl (C=O) groups is 1.